The van der Waals surface area contributed by atoms with Crippen LogP contribution in [0, 0.1) is 5.92 Å². The van der Waals surface area contributed by atoms with Crippen LogP contribution in [0.4, 0.5) is 17.1 Å². The van der Waals surface area contributed by atoms with Crippen LogP contribution in [-0.2, 0) is 9.59 Å². The number of benzene rings is 2. The van der Waals surface area contributed by atoms with Gasteiger partial charge in [-0.05, 0) is 43.2 Å². The molecule has 2 fully saturated rings. The fourth-order valence-electron chi connectivity index (χ4n) is 4.04. The zero-order valence-electron chi connectivity index (χ0n) is 16.4. The molecule has 0 radical (unpaired) electrons. The quantitative estimate of drug-likeness (QED) is 0.806. The smallest absolute Gasteiger partial charge is 0.229 e. The van der Waals surface area contributed by atoms with Crippen LogP contribution in [-0.4, -0.2) is 38.6 Å². The topological polar surface area (TPSA) is 61.9 Å². The molecule has 0 aliphatic carbocycles. The van der Waals surface area contributed by atoms with E-state index in [0.717, 1.165) is 37.3 Å². The first-order chi connectivity index (χ1) is 14.1. The number of ether oxygens (including phenoxy) is 1. The van der Waals surface area contributed by atoms with Crippen molar-refractivity contribution in [3.8, 4) is 5.75 Å². The Balaban J connectivity index is 1.50. The van der Waals surface area contributed by atoms with Gasteiger partial charge >= 0.3 is 0 Å². The van der Waals surface area contributed by atoms with E-state index in [1.165, 1.54) is 0 Å². The maximum atomic E-state index is 13.0. The van der Waals surface area contributed by atoms with Gasteiger partial charge in [-0.25, -0.2) is 0 Å². The van der Waals surface area contributed by atoms with Gasteiger partial charge in [0.05, 0.1) is 30.1 Å². The summed E-state index contributed by atoms with van der Waals surface area (Å²) in [5.41, 5.74) is 2.43. The highest BCUT2D eigenvalue weighted by molar-refractivity contribution is 6.31. The Bertz CT molecular complexity index is 927. The number of nitrogens with one attached hydrogen (secondary N) is 1. The van der Waals surface area contributed by atoms with Crippen LogP contribution in [0.5, 0.6) is 5.75 Å². The highest BCUT2D eigenvalue weighted by Gasteiger charge is 2.36. The first-order valence-electron chi connectivity index (χ1n) is 9.85. The van der Waals surface area contributed by atoms with Crippen LogP contribution in [0.2, 0.25) is 5.02 Å². The molecule has 0 saturated carbocycles. The van der Waals surface area contributed by atoms with Crippen molar-refractivity contribution in [2.75, 3.05) is 41.9 Å². The standard InChI is InChI=1S/C22H24ClN3O3/c1-29-20-9-8-16(23)13-19(20)26-14-15(12-21(26)27)22(28)24-17-6-2-3-7-18(17)25-10-4-5-11-25/h2-3,6-9,13,15H,4-5,10-12,14H2,1H3,(H,24,28). The van der Waals surface area contributed by atoms with Crippen LogP contribution in [0.25, 0.3) is 0 Å². The van der Waals surface area contributed by atoms with Gasteiger partial charge in [-0.3, -0.25) is 9.59 Å². The molecule has 2 aliphatic rings. The number of para-hydroxylation sites is 2. The molecule has 0 bridgehead atoms. The molecule has 2 saturated heterocycles. The van der Waals surface area contributed by atoms with Crippen molar-refractivity contribution < 1.29 is 14.3 Å². The van der Waals surface area contributed by atoms with Crippen LogP contribution in [0.3, 0.4) is 0 Å². The van der Waals surface area contributed by atoms with Crippen LogP contribution in [0.15, 0.2) is 42.5 Å². The van der Waals surface area contributed by atoms with Crippen LogP contribution < -0.4 is 19.9 Å². The number of methoxy groups -OCH3 is 1. The molecular weight excluding hydrogens is 390 g/mol. The minimum atomic E-state index is -0.433. The molecule has 152 valence electrons. The molecule has 0 aromatic heterocycles. The van der Waals surface area contributed by atoms with Gasteiger partial charge in [-0.2, -0.15) is 0 Å². The second-order valence-corrected chi connectivity index (χ2v) is 7.86. The number of rotatable bonds is 5. The van der Waals surface area contributed by atoms with Crippen LogP contribution >= 0.6 is 11.6 Å². The Hall–Kier alpha value is -2.73. The van der Waals surface area contributed by atoms with Crippen LogP contribution in [0.1, 0.15) is 19.3 Å². The summed E-state index contributed by atoms with van der Waals surface area (Å²) in [5, 5.41) is 3.56. The summed E-state index contributed by atoms with van der Waals surface area (Å²) in [6.07, 6.45) is 2.49. The van der Waals surface area contributed by atoms with Crippen molar-refractivity contribution in [3.05, 3.63) is 47.5 Å². The molecule has 1 N–H and O–H groups in total. The van der Waals surface area contributed by atoms with Crippen molar-refractivity contribution in [2.45, 2.75) is 19.3 Å². The number of carbonyl (C=O) groups is 2. The Labute approximate surface area is 175 Å². The molecule has 1 atom stereocenters. The van der Waals surface area contributed by atoms with E-state index in [9.17, 15) is 9.59 Å². The van der Waals surface area contributed by atoms with E-state index in [1.807, 2.05) is 24.3 Å². The van der Waals surface area contributed by atoms with Crippen molar-refractivity contribution in [1.82, 2.24) is 0 Å². The first-order valence-corrected chi connectivity index (χ1v) is 10.2. The first kappa shape index (κ1) is 19.6. The van der Waals surface area contributed by atoms with Crippen molar-refractivity contribution in [2.24, 2.45) is 5.92 Å². The van der Waals surface area contributed by atoms with Gasteiger partial charge < -0.3 is 19.9 Å². The van der Waals surface area contributed by atoms with E-state index in [0.29, 0.717) is 23.0 Å². The third-order valence-corrected chi connectivity index (χ3v) is 5.77. The highest BCUT2D eigenvalue weighted by Crippen LogP contribution is 2.36. The fraction of sp³-hybridized carbons (Fsp3) is 0.364. The third kappa shape index (κ3) is 4.03. The van der Waals surface area contributed by atoms with Gasteiger partial charge in [0.2, 0.25) is 11.8 Å². The second-order valence-electron chi connectivity index (χ2n) is 7.42. The summed E-state index contributed by atoms with van der Waals surface area (Å²) in [4.78, 5) is 29.5. The van der Waals surface area contributed by atoms with Gasteiger partial charge in [0.25, 0.3) is 0 Å². The van der Waals surface area contributed by atoms with E-state index >= 15 is 0 Å². The zero-order chi connectivity index (χ0) is 20.4. The Morgan fingerprint density at radius 3 is 2.66 bits per heavy atom. The predicted molar refractivity (Wildman–Crippen MR) is 115 cm³/mol. The molecule has 1 unspecified atom stereocenters. The van der Waals surface area contributed by atoms with E-state index < -0.39 is 5.92 Å². The number of hydrogen-bond acceptors (Lipinski definition) is 4. The Morgan fingerprint density at radius 1 is 1.14 bits per heavy atom. The Kier molecular flexibility index (Phi) is 5.62. The number of amides is 2. The van der Waals surface area contributed by atoms with Gasteiger partial charge in [0.1, 0.15) is 5.75 Å². The molecule has 2 aromatic rings. The maximum absolute atomic E-state index is 13.0. The minimum absolute atomic E-state index is 0.112. The zero-order valence-corrected chi connectivity index (χ0v) is 17.1. The lowest BCUT2D eigenvalue weighted by Gasteiger charge is -2.22. The number of hydrogen-bond donors (Lipinski definition) is 1. The number of carbonyl (C=O) groups excluding carboxylic acids is 2. The average Bonchev–Trinajstić information content (AvgIpc) is 3.38. The molecule has 7 heteroatoms. The number of anilines is 3. The molecule has 4 rings (SSSR count). The fourth-order valence-corrected chi connectivity index (χ4v) is 4.20. The monoisotopic (exact) mass is 413 g/mol. The van der Waals surface area contributed by atoms with Crippen molar-refractivity contribution in [3.63, 3.8) is 0 Å². The molecule has 2 aromatic carbocycles. The molecule has 2 aliphatic heterocycles. The summed E-state index contributed by atoms with van der Waals surface area (Å²) < 4.78 is 5.37. The number of halogens is 1. The lowest BCUT2D eigenvalue weighted by molar-refractivity contribution is -0.122. The molecule has 29 heavy (non-hydrogen) atoms. The van der Waals surface area contributed by atoms with E-state index in [2.05, 4.69) is 10.2 Å². The predicted octanol–water partition coefficient (Wildman–Crippen LogP) is 3.94. The summed E-state index contributed by atoms with van der Waals surface area (Å²) in [5.74, 6) is -0.131. The molecule has 6 nitrogen and oxygen atoms in total. The Morgan fingerprint density at radius 2 is 1.90 bits per heavy atom. The normalized spacial score (nSPS) is 19.0. The molecule has 0 spiro atoms. The SMILES string of the molecule is COc1ccc(Cl)cc1N1CC(C(=O)Nc2ccccc2N2CCCC2)CC1=O. The average molecular weight is 414 g/mol. The maximum Gasteiger partial charge on any atom is 0.229 e. The lowest BCUT2D eigenvalue weighted by Crippen LogP contribution is -2.29. The van der Waals surface area contributed by atoms with Gasteiger partial charge in [-0.1, -0.05) is 23.7 Å². The van der Waals surface area contributed by atoms with E-state index in [1.54, 1.807) is 30.2 Å². The summed E-state index contributed by atoms with van der Waals surface area (Å²) in [6.45, 7) is 2.29. The molecule has 2 heterocycles. The summed E-state index contributed by atoms with van der Waals surface area (Å²) in [6, 6.07) is 13.0. The van der Waals surface area contributed by atoms with Crippen molar-refractivity contribution >= 4 is 40.5 Å². The second kappa shape index (κ2) is 8.33. The van der Waals surface area contributed by atoms with E-state index in [4.69, 9.17) is 16.3 Å². The molecular formula is C22H24ClN3O3. The number of nitrogens with zero attached hydrogens (tertiary/aromatic N) is 2. The van der Waals surface area contributed by atoms with Gasteiger partial charge in [0.15, 0.2) is 0 Å². The largest absolute Gasteiger partial charge is 0.495 e. The van der Waals surface area contributed by atoms with Gasteiger partial charge in [0, 0.05) is 31.1 Å². The highest BCUT2D eigenvalue weighted by atomic mass is 35.5. The summed E-state index contributed by atoms with van der Waals surface area (Å²) >= 11 is 6.11. The van der Waals surface area contributed by atoms with Crippen molar-refractivity contribution in [1.29, 1.82) is 0 Å². The summed E-state index contributed by atoms with van der Waals surface area (Å²) in [7, 11) is 1.55. The molecule has 2 amide bonds. The van der Waals surface area contributed by atoms with Gasteiger partial charge in [-0.15, -0.1) is 0 Å². The van der Waals surface area contributed by atoms with E-state index in [-0.39, 0.29) is 18.2 Å². The third-order valence-electron chi connectivity index (χ3n) is 5.54. The minimum Gasteiger partial charge on any atom is -0.495 e. The lowest BCUT2D eigenvalue weighted by atomic mass is 10.1.